The van der Waals surface area contributed by atoms with Gasteiger partial charge in [-0.3, -0.25) is 14.3 Å². The van der Waals surface area contributed by atoms with Crippen LogP contribution < -0.4 is 5.32 Å². The van der Waals surface area contributed by atoms with E-state index in [4.69, 9.17) is 0 Å². The summed E-state index contributed by atoms with van der Waals surface area (Å²) in [5.74, 6) is -0.187. The van der Waals surface area contributed by atoms with Crippen LogP contribution >= 0.6 is 0 Å². The van der Waals surface area contributed by atoms with Crippen LogP contribution in [0.2, 0.25) is 0 Å². The number of carbonyl (C=O) groups excluding carboxylic acids is 1. The van der Waals surface area contributed by atoms with Crippen LogP contribution in [-0.4, -0.2) is 25.5 Å². The maximum atomic E-state index is 12.7. The normalized spacial score (nSPS) is 10.9. The molecule has 3 heterocycles. The first kappa shape index (κ1) is 14.2. The molecule has 0 aliphatic rings. The fraction of sp³-hybridized carbons (Fsp3) is 0.0556. The summed E-state index contributed by atoms with van der Waals surface area (Å²) in [5.41, 5.74) is 4.57. The summed E-state index contributed by atoms with van der Waals surface area (Å²) in [6.45, 7) is 1.84. The molecule has 0 saturated carbocycles. The minimum Gasteiger partial charge on any atom is -0.321 e. The van der Waals surface area contributed by atoms with E-state index in [0.717, 1.165) is 22.6 Å². The van der Waals surface area contributed by atoms with E-state index in [-0.39, 0.29) is 5.91 Å². The molecule has 6 heteroatoms. The number of aromatic nitrogens is 4. The van der Waals surface area contributed by atoms with E-state index < -0.39 is 0 Å². The third kappa shape index (κ3) is 2.44. The molecule has 3 aromatic heterocycles. The number of fused-ring (bicyclic) bond motifs is 1. The predicted octanol–water partition coefficient (Wildman–Crippen LogP) is 3.29. The molecule has 0 spiro atoms. The van der Waals surface area contributed by atoms with Crippen LogP contribution in [0.1, 0.15) is 16.2 Å². The maximum absolute atomic E-state index is 12.7. The molecule has 0 radical (unpaired) electrons. The third-order valence-corrected chi connectivity index (χ3v) is 3.85. The Labute approximate surface area is 138 Å². The van der Waals surface area contributed by atoms with Crippen molar-refractivity contribution in [1.82, 2.24) is 19.6 Å². The molecule has 0 saturated heterocycles. The quantitative estimate of drug-likeness (QED) is 0.609. The number of anilines is 1. The Balaban J connectivity index is 1.67. The van der Waals surface area contributed by atoms with Gasteiger partial charge >= 0.3 is 0 Å². The van der Waals surface area contributed by atoms with Crippen LogP contribution in [0.5, 0.6) is 0 Å². The molecule has 1 aromatic carbocycles. The van der Waals surface area contributed by atoms with Crippen LogP contribution in [0.4, 0.5) is 5.69 Å². The highest BCUT2D eigenvalue weighted by molar-refractivity contribution is 6.04. The third-order valence-electron chi connectivity index (χ3n) is 3.85. The largest absolute Gasteiger partial charge is 0.321 e. The second-order valence-corrected chi connectivity index (χ2v) is 5.48. The number of imidazole rings is 1. The van der Waals surface area contributed by atoms with Crippen molar-refractivity contribution in [2.24, 2.45) is 0 Å². The van der Waals surface area contributed by atoms with Gasteiger partial charge in [0.25, 0.3) is 5.91 Å². The van der Waals surface area contributed by atoms with Crippen LogP contribution in [0.15, 0.2) is 60.9 Å². The number of hydrogen-bond donors (Lipinski definition) is 2. The van der Waals surface area contributed by atoms with E-state index in [2.05, 4.69) is 20.5 Å². The number of benzene rings is 1. The molecule has 0 fully saturated rings. The van der Waals surface area contributed by atoms with Gasteiger partial charge < -0.3 is 5.32 Å². The van der Waals surface area contributed by atoms with Gasteiger partial charge in [0.1, 0.15) is 11.3 Å². The number of nitrogens with zero attached hydrogens (tertiary/aromatic N) is 3. The van der Waals surface area contributed by atoms with Gasteiger partial charge in [0, 0.05) is 23.6 Å². The molecule has 4 rings (SSSR count). The molecule has 4 aromatic rings. The molecule has 6 nitrogen and oxygen atoms in total. The molecular weight excluding hydrogens is 302 g/mol. The van der Waals surface area contributed by atoms with Crippen molar-refractivity contribution in [3.05, 3.63) is 72.3 Å². The van der Waals surface area contributed by atoms with Crippen molar-refractivity contribution in [2.75, 3.05) is 5.32 Å². The van der Waals surface area contributed by atoms with E-state index in [1.807, 2.05) is 61.7 Å². The van der Waals surface area contributed by atoms with Gasteiger partial charge in [-0.1, -0.05) is 18.2 Å². The first-order valence-corrected chi connectivity index (χ1v) is 7.57. The Bertz CT molecular complexity index is 1020. The van der Waals surface area contributed by atoms with Gasteiger partial charge in [0.15, 0.2) is 0 Å². The zero-order valence-corrected chi connectivity index (χ0v) is 13.0. The van der Waals surface area contributed by atoms with Gasteiger partial charge in [0.2, 0.25) is 0 Å². The fourth-order valence-corrected chi connectivity index (χ4v) is 2.76. The number of aromatic amines is 1. The van der Waals surface area contributed by atoms with Crippen molar-refractivity contribution in [3.8, 4) is 11.3 Å². The second-order valence-electron chi connectivity index (χ2n) is 5.48. The zero-order chi connectivity index (χ0) is 16.5. The Morgan fingerprint density at radius 2 is 2.08 bits per heavy atom. The first-order chi connectivity index (χ1) is 11.7. The van der Waals surface area contributed by atoms with E-state index in [1.54, 1.807) is 10.6 Å². The van der Waals surface area contributed by atoms with Gasteiger partial charge in [-0.2, -0.15) is 5.10 Å². The van der Waals surface area contributed by atoms with Crippen LogP contribution in [0, 0.1) is 6.92 Å². The minimum absolute atomic E-state index is 0.187. The van der Waals surface area contributed by atoms with E-state index in [0.29, 0.717) is 11.4 Å². The molecule has 0 unspecified atom stereocenters. The van der Waals surface area contributed by atoms with E-state index >= 15 is 0 Å². The molecule has 0 bridgehead atoms. The lowest BCUT2D eigenvalue weighted by Gasteiger charge is -2.07. The van der Waals surface area contributed by atoms with Crippen LogP contribution in [-0.2, 0) is 0 Å². The number of hydrogen-bond acceptors (Lipinski definition) is 3. The SMILES string of the molecule is Cc1nc2ccccn2c1C(=O)Nc1cccc(-c2ccn[nH]2)c1. The second kappa shape index (κ2) is 5.66. The number of nitrogens with one attached hydrogen (secondary N) is 2. The number of rotatable bonds is 3. The lowest BCUT2D eigenvalue weighted by molar-refractivity contribution is 0.102. The first-order valence-electron chi connectivity index (χ1n) is 7.57. The Morgan fingerprint density at radius 1 is 1.17 bits per heavy atom. The molecule has 118 valence electrons. The summed E-state index contributed by atoms with van der Waals surface area (Å²) in [7, 11) is 0. The lowest BCUT2D eigenvalue weighted by atomic mass is 10.1. The Hall–Kier alpha value is -3.41. The summed E-state index contributed by atoms with van der Waals surface area (Å²) >= 11 is 0. The summed E-state index contributed by atoms with van der Waals surface area (Å²) in [4.78, 5) is 17.1. The van der Waals surface area contributed by atoms with E-state index in [1.165, 1.54) is 0 Å². The highest BCUT2D eigenvalue weighted by Crippen LogP contribution is 2.21. The molecule has 1 amide bonds. The predicted molar refractivity (Wildman–Crippen MR) is 91.9 cm³/mol. The number of amides is 1. The molecule has 0 atom stereocenters. The van der Waals surface area contributed by atoms with Gasteiger partial charge in [-0.25, -0.2) is 4.98 Å². The summed E-state index contributed by atoms with van der Waals surface area (Å²) in [6.07, 6.45) is 3.54. The zero-order valence-electron chi connectivity index (χ0n) is 13.0. The Morgan fingerprint density at radius 3 is 2.92 bits per heavy atom. The Kier molecular flexibility index (Phi) is 3.35. The van der Waals surface area contributed by atoms with Gasteiger partial charge in [-0.05, 0) is 37.3 Å². The number of pyridine rings is 1. The molecule has 24 heavy (non-hydrogen) atoms. The molecule has 2 N–H and O–H groups in total. The lowest BCUT2D eigenvalue weighted by Crippen LogP contribution is -2.15. The monoisotopic (exact) mass is 317 g/mol. The van der Waals surface area contributed by atoms with Gasteiger partial charge in [0.05, 0.1) is 11.4 Å². The number of carbonyl (C=O) groups is 1. The van der Waals surface area contributed by atoms with Crippen molar-refractivity contribution in [1.29, 1.82) is 0 Å². The topological polar surface area (TPSA) is 75.1 Å². The standard InChI is InChI=1S/C18H15N5O/c1-12-17(23-10-3-2-7-16(23)20-12)18(24)21-14-6-4-5-13(11-14)15-8-9-19-22-15/h2-11H,1H3,(H,19,22)(H,21,24). The summed E-state index contributed by atoms with van der Waals surface area (Å²) < 4.78 is 1.80. The van der Waals surface area contributed by atoms with Crippen LogP contribution in [0.3, 0.4) is 0 Å². The maximum Gasteiger partial charge on any atom is 0.274 e. The van der Waals surface area contributed by atoms with Crippen molar-refractivity contribution < 1.29 is 4.79 Å². The van der Waals surface area contributed by atoms with Crippen molar-refractivity contribution in [2.45, 2.75) is 6.92 Å². The highest BCUT2D eigenvalue weighted by Gasteiger charge is 2.16. The fourth-order valence-electron chi connectivity index (χ4n) is 2.76. The van der Waals surface area contributed by atoms with Gasteiger partial charge in [-0.15, -0.1) is 0 Å². The molecule has 0 aliphatic heterocycles. The number of H-pyrrole nitrogens is 1. The summed E-state index contributed by atoms with van der Waals surface area (Å²) in [6, 6.07) is 15.2. The van der Waals surface area contributed by atoms with Crippen molar-refractivity contribution in [3.63, 3.8) is 0 Å². The number of aryl methyl sites for hydroxylation is 1. The highest BCUT2D eigenvalue weighted by atomic mass is 16.2. The van der Waals surface area contributed by atoms with E-state index in [9.17, 15) is 4.79 Å². The minimum atomic E-state index is -0.187. The average Bonchev–Trinajstić information content (AvgIpc) is 3.21. The van der Waals surface area contributed by atoms with Crippen molar-refractivity contribution >= 4 is 17.2 Å². The summed E-state index contributed by atoms with van der Waals surface area (Å²) in [5, 5.41) is 9.82. The molecular formula is C18H15N5O. The average molecular weight is 317 g/mol. The smallest absolute Gasteiger partial charge is 0.274 e. The molecule has 0 aliphatic carbocycles. The van der Waals surface area contributed by atoms with Crippen LogP contribution in [0.25, 0.3) is 16.9 Å².